The molecule has 1 saturated heterocycles. The van der Waals surface area contributed by atoms with Crippen LogP contribution in [0.15, 0.2) is 18.3 Å². The summed E-state index contributed by atoms with van der Waals surface area (Å²) in [5.41, 5.74) is 7.65. The van der Waals surface area contributed by atoms with E-state index in [-0.39, 0.29) is 0 Å². The monoisotopic (exact) mass is 231 g/mol. The zero-order valence-electron chi connectivity index (χ0n) is 9.76. The van der Waals surface area contributed by atoms with E-state index >= 15 is 0 Å². The highest BCUT2D eigenvalue weighted by Gasteiger charge is 2.17. The van der Waals surface area contributed by atoms with Crippen LogP contribution in [0.25, 0.3) is 5.65 Å². The smallest absolute Gasteiger partial charge is 0.160 e. The summed E-state index contributed by atoms with van der Waals surface area (Å²) >= 11 is 0. The highest BCUT2D eigenvalue weighted by atomic mass is 15.3. The summed E-state index contributed by atoms with van der Waals surface area (Å²) in [6.45, 7) is 2.71. The second-order valence-corrected chi connectivity index (χ2v) is 4.60. The molecule has 1 fully saturated rings. The minimum atomic E-state index is 0.507. The van der Waals surface area contributed by atoms with Crippen molar-refractivity contribution in [3.8, 4) is 0 Å². The van der Waals surface area contributed by atoms with E-state index in [2.05, 4.69) is 15.4 Å². The number of aromatic nitrogens is 3. The van der Waals surface area contributed by atoms with E-state index in [4.69, 9.17) is 5.73 Å². The average molecular weight is 231 g/mol. The summed E-state index contributed by atoms with van der Waals surface area (Å²) in [7, 11) is 0. The van der Waals surface area contributed by atoms with Crippen LogP contribution in [0.3, 0.4) is 0 Å². The molecule has 0 amide bonds. The van der Waals surface area contributed by atoms with Crippen molar-refractivity contribution in [2.75, 3.05) is 13.1 Å². The van der Waals surface area contributed by atoms with Crippen LogP contribution in [0.4, 0.5) is 0 Å². The van der Waals surface area contributed by atoms with Gasteiger partial charge in [0, 0.05) is 24.7 Å². The van der Waals surface area contributed by atoms with Gasteiger partial charge in [-0.1, -0.05) is 6.07 Å². The fourth-order valence-electron chi connectivity index (χ4n) is 2.40. The van der Waals surface area contributed by atoms with Gasteiger partial charge in [-0.3, -0.25) is 0 Å². The Kier molecular flexibility index (Phi) is 2.78. The fourth-order valence-corrected chi connectivity index (χ4v) is 2.40. The van der Waals surface area contributed by atoms with Crippen LogP contribution in [-0.2, 0) is 13.0 Å². The summed E-state index contributed by atoms with van der Waals surface area (Å²) < 4.78 is 1.83. The topological polar surface area (TPSA) is 68.2 Å². The zero-order chi connectivity index (χ0) is 11.7. The summed E-state index contributed by atoms with van der Waals surface area (Å²) in [5.74, 6) is 1.60. The zero-order valence-corrected chi connectivity index (χ0v) is 9.76. The molecule has 0 aromatic carbocycles. The summed E-state index contributed by atoms with van der Waals surface area (Å²) in [6, 6.07) is 3.97. The van der Waals surface area contributed by atoms with Crippen molar-refractivity contribution < 1.29 is 0 Å². The lowest BCUT2D eigenvalue weighted by atomic mass is 10.1. The number of nitrogens with one attached hydrogen (secondary N) is 1. The largest absolute Gasteiger partial charge is 0.326 e. The van der Waals surface area contributed by atoms with Gasteiger partial charge in [-0.15, -0.1) is 0 Å². The van der Waals surface area contributed by atoms with Gasteiger partial charge in [0.2, 0.25) is 0 Å². The van der Waals surface area contributed by atoms with Crippen molar-refractivity contribution in [3.63, 3.8) is 0 Å². The number of rotatable bonds is 3. The first kappa shape index (κ1) is 10.7. The number of hydrogen-bond donors (Lipinski definition) is 2. The Hall–Kier alpha value is -1.46. The molecular formula is C12H17N5. The van der Waals surface area contributed by atoms with Crippen LogP contribution in [0.2, 0.25) is 0 Å². The van der Waals surface area contributed by atoms with Crippen molar-refractivity contribution in [2.45, 2.75) is 19.4 Å². The molecule has 17 heavy (non-hydrogen) atoms. The maximum atomic E-state index is 5.70. The molecule has 0 spiro atoms. The maximum Gasteiger partial charge on any atom is 0.160 e. The van der Waals surface area contributed by atoms with Gasteiger partial charge in [0.15, 0.2) is 11.5 Å². The van der Waals surface area contributed by atoms with Crippen LogP contribution in [0.5, 0.6) is 0 Å². The van der Waals surface area contributed by atoms with Gasteiger partial charge in [-0.2, -0.15) is 5.10 Å². The lowest BCUT2D eigenvalue weighted by Crippen LogP contribution is -2.11. The molecule has 0 saturated carbocycles. The van der Waals surface area contributed by atoms with Crippen molar-refractivity contribution in [1.29, 1.82) is 0 Å². The number of hydrogen-bond acceptors (Lipinski definition) is 4. The molecule has 3 N–H and O–H groups in total. The SMILES string of the molecule is NCc1cccn2nc(CC3CCNC3)nc12. The number of nitrogens with two attached hydrogens (primary N) is 1. The first-order valence-corrected chi connectivity index (χ1v) is 6.11. The molecule has 90 valence electrons. The van der Waals surface area contributed by atoms with Gasteiger partial charge in [0.1, 0.15) is 0 Å². The summed E-state index contributed by atoms with van der Waals surface area (Å²) in [6.07, 6.45) is 4.11. The Morgan fingerprint density at radius 1 is 1.53 bits per heavy atom. The second kappa shape index (κ2) is 4.43. The normalized spacial score (nSPS) is 20.2. The van der Waals surface area contributed by atoms with E-state index < -0.39 is 0 Å². The molecule has 0 aliphatic carbocycles. The summed E-state index contributed by atoms with van der Waals surface area (Å²) in [4.78, 5) is 4.59. The maximum absolute atomic E-state index is 5.70. The number of pyridine rings is 1. The van der Waals surface area contributed by atoms with E-state index in [1.165, 1.54) is 6.42 Å². The van der Waals surface area contributed by atoms with Crippen LogP contribution >= 0.6 is 0 Å². The molecule has 2 aromatic rings. The van der Waals surface area contributed by atoms with Gasteiger partial charge >= 0.3 is 0 Å². The molecule has 1 aliphatic heterocycles. The minimum Gasteiger partial charge on any atom is -0.326 e. The molecule has 1 aliphatic rings. The Balaban J connectivity index is 1.90. The van der Waals surface area contributed by atoms with E-state index in [9.17, 15) is 0 Å². The standard InChI is InChI=1S/C12H17N5/c13-7-10-2-1-5-17-12(10)15-11(16-17)6-9-3-4-14-8-9/h1-2,5,9,14H,3-4,6-8,13H2. The summed E-state index contributed by atoms with van der Waals surface area (Å²) in [5, 5.41) is 7.87. The molecule has 2 aromatic heterocycles. The molecule has 1 atom stereocenters. The fraction of sp³-hybridized carbons (Fsp3) is 0.500. The molecule has 0 bridgehead atoms. The first-order chi connectivity index (χ1) is 8.36. The molecular weight excluding hydrogens is 214 g/mol. The Bertz CT molecular complexity index is 513. The van der Waals surface area contributed by atoms with Crippen molar-refractivity contribution in [2.24, 2.45) is 11.7 Å². The Labute approximate surface area is 100 Å². The van der Waals surface area contributed by atoms with E-state index in [1.54, 1.807) is 0 Å². The van der Waals surface area contributed by atoms with Gasteiger partial charge in [0.05, 0.1) is 0 Å². The van der Waals surface area contributed by atoms with Crippen LogP contribution in [-0.4, -0.2) is 27.7 Å². The predicted molar refractivity (Wildman–Crippen MR) is 65.6 cm³/mol. The lowest BCUT2D eigenvalue weighted by Gasteiger charge is -2.02. The van der Waals surface area contributed by atoms with Gasteiger partial charge < -0.3 is 11.1 Å². The minimum absolute atomic E-state index is 0.507. The van der Waals surface area contributed by atoms with Gasteiger partial charge in [-0.05, 0) is 31.5 Å². The molecule has 1 unspecified atom stereocenters. The average Bonchev–Trinajstić information content (AvgIpc) is 2.97. The third-order valence-electron chi connectivity index (χ3n) is 3.34. The van der Waals surface area contributed by atoms with E-state index in [1.807, 2.05) is 22.8 Å². The highest BCUT2D eigenvalue weighted by Crippen LogP contribution is 2.14. The van der Waals surface area contributed by atoms with Crippen LogP contribution in [0, 0.1) is 5.92 Å². The van der Waals surface area contributed by atoms with Crippen LogP contribution in [0.1, 0.15) is 17.8 Å². The molecule has 3 rings (SSSR count). The molecule has 5 nitrogen and oxygen atoms in total. The number of fused-ring (bicyclic) bond motifs is 1. The first-order valence-electron chi connectivity index (χ1n) is 6.11. The predicted octanol–water partition coefficient (Wildman–Crippen LogP) is 0.340. The van der Waals surface area contributed by atoms with Crippen LogP contribution < -0.4 is 11.1 Å². The molecule has 0 radical (unpaired) electrons. The van der Waals surface area contributed by atoms with Gasteiger partial charge in [0.25, 0.3) is 0 Å². The van der Waals surface area contributed by atoms with Crippen molar-refractivity contribution >= 4 is 5.65 Å². The van der Waals surface area contributed by atoms with Crippen molar-refractivity contribution in [3.05, 3.63) is 29.7 Å². The second-order valence-electron chi connectivity index (χ2n) is 4.60. The highest BCUT2D eigenvalue weighted by molar-refractivity contribution is 5.46. The van der Waals surface area contributed by atoms with E-state index in [0.717, 1.165) is 36.5 Å². The number of nitrogens with zero attached hydrogens (tertiary/aromatic N) is 3. The van der Waals surface area contributed by atoms with E-state index in [0.29, 0.717) is 12.5 Å². The lowest BCUT2D eigenvalue weighted by molar-refractivity contribution is 0.561. The Morgan fingerprint density at radius 3 is 3.24 bits per heavy atom. The molecule has 3 heterocycles. The Morgan fingerprint density at radius 2 is 2.47 bits per heavy atom. The molecule has 5 heteroatoms. The van der Waals surface area contributed by atoms with Crippen molar-refractivity contribution in [1.82, 2.24) is 19.9 Å². The third kappa shape index (κ3) is 2.03. The third-order valence-corrected chi connectivity index (χ3v) is 3.34. The quantitative estimate of drug-likeness (QED) is 0.799. The van der Waals surface area contributed by atoms with Gasteiger partial charge in [-0.25, -0.2) is 9.50 Å².